The highest BCUT2D eigenvalue weighted by Crippen LogP contribution is 2.23. The third kappa shape index (κ3) is 33.1. The smallest absolute Gasteiger partial charge is 0.326 e. The van der Waals surface area contributed by atoms with Gasteiger partial charge in [0.05, 0.1) is 19.1 Å². The summed E-state index contributed by atoms with van der Waals surface area (Å²) in [6.45, 7) is 7.08. The van der Waals surface area contributed by atoms with Crippen molar-refractivity contribution in [3.05, 3.63) is 138 Å². The monoisotopic (exact) mass is 1540 g/mol. The molecule has 34 nitrogen and oxygen atoms in total. The number of guanidine groups is 3. The first-order valence-corrected chi connectivity index (χ1v) is 37.7. The summed E-state index contributed by atoms with van der Waals surface area (Å²) in [4.78, 5) is 172. The van der Waals surface area contributed by atoms with E-state index in [-0.39, 0.29) is 126 Å². The highest BCUT2D eigenvalue weighted by atomic mass is 16.4. The Balaban J connectivity index is 1.36. The van der Waals surface area contributed by atoms with Crippen LogP contribution in [0.2, 0.25) is 0 Å². The molecule has 0 bridgehead atoms. The van der Waals surface area contributed by atoms with Crippen LogP contribution in [0.3, 0.4) is 0 Å². The number of nitrogens with zero attached hydrogens (tertiary/aromatic N) is 5. The van der Waals surface area contributed by atoms with Gasteiger partial charge in [-0.1, -0.05) is 137 Å². The summed E-state index contributed by atoms with van der Waals surface area (Å²) in [7, 11) is 0. The third-order valence-corrected chi connectivity index (χ3v) is 18.6. The highest BCUT2D eigenvalue weighted by Gasteiger charge is 2.41. The molecule has 0 unspecified atom stereocenters. The minimum Gasteiger partial charge on any atom is -0.508 e. The molecule has 1 heterocycles. The Morgan fingerprint density at radius 3 is 1.46 bits per heavy atom. The van der Waals surface area contributed by atoms with Crippen molar-refractivity contribution in [3.8, 4) is 5.75 Å². The van der Waals surface area contributed by atoms with Crippen molar-refractivity contribution < 1.29 is 63.0 Å². The number of aliphatic imine (C=N–C) groups is 3. The number of aliphatic carboxylic acids is 1. The summed E-state index contributed by atoms with van der Waals surface area (Å²) in [5, 5.41) is 44.4. The van der Waals surface area contributed by atoms with Crippen molar-refractivity contribution in [2.45, 2.75) is 191 Å². The van der Waals surface area contributed by atoms with Crippen LogP contribution in [-0.4, -0.2) is 203 Å². The number of rotatable bonds is 49. The highest BCUT2D eigenvalue weighted by molar-refractivity contribution is 5.99. The SMILES string of the molecule is CC[C@H](C)[C@H](NC(=O)[C@H](CCCN=C(N)N)NC(=O)[C@H](CCCN=C(N)N)NC(=O)[C@H](CC(C)C)NC(=O)[C@H](Cc1ccccc1)NC(=O)CNC(=O)CNC(=O)[C@H](Cc1ccc(O)cc1)N(Cc1ccccc1)Cc1ccccc1)C(=O)N[C@@H](CCCN=C(N)N)C(=O)N1CCC[C@@H]1C(=O)N[C@@H](CCCCN)C(=O)O. The Bertz CT molecular complexity index is 3690. The van der Waals surface area contributed by atoms with E-state index in [4.69, 9.17) is 40.1 Å². The van der Waals surface area contributed by atoms with E-state index in [9.17, 15) is 63.0 Å². The predicted octanol–water partition coefficient (Wildman–Crippen LogP) is -0.668. The lowest BCUT2D eigenvalue weighted by Gasteiger charge is -2.32. The molecule has 1 aliphatic rings. The van der Waals surface area contributed by atoms with E-state index in [2.05, 4.69) is 62.8 Å². The lowest BCUT2D eigenvalue weighted by atomic mass is 9.96. The molecule has 0 aromatic heterocycles. The number of benzene rings is 4. The second kappa shape index (κ2) is 48.2. The number of aromatic hydroxyl groups is 1. The molecule has 0 saturated carbocycles. The van der Waals surface area contributed by atoms with E-state index in [1.807, 2.05) is 65.6 Å². The Kier molecular flexibility index (Phi) is 39.2. The summed E-state index contributed by atoms with van der Waals surface area (Å²) < 4.78 is 0. The lowest BCUT2D eigenvalue weighted by Crippen LogP contribution is -2.61. The molecule has 10 amide bonds. The Labute approximate surface area is 648 Å². The number of likely N-dealkylation sites (tertiary alicyclic amines) is 1. The number of amides is 10. The quantitative estimate of drug-likeness (QED) is 0.0148. The maximum atomic E-state index is 14.9. The third-order valence-electron chi connectivity index (χ3n) is 18.6. The van der Waals surface area contributed by atoms with Crippen LogP contribution in [0.4, 0.5) is 0 Å². The van der Waals surface area contributed by atoms with Gasteiger partial charge in [-0.15, -0.1) is 0 Å². The first-order chi connectivity index (χ1) is 53.0. The Morgan fingerprint density at radius 1 is 0.495 bits per heavy atom. The van der Waals surface area contributed by atoms with Gasteiger partial charge in [0, 0.05) is 45.7 Å². The molecule has 10 atom stereocenters. The molecular weight excluding hydrogens is 1430 g/mol. The summed E-state index contributed by atoms with van der Waals surface area (Å²) in [6, 6.07) is 22.9. The zero-order valence-electron chi connectivity index (χ0n) is 64.0. The molecule has 0 aliphatic carbocycles. The van der Waals surface area contributed by atoms with Gasteiger partial charge in [-0.2, -0.15) is 0 Å². The average Bonchev–Trinajstić information content (AvgIpc) is 1.82. The summed E-state index contributed by atoms with van der Waals surface area (Å²) >= 11 is 0. The van der Waals surface area contributed by atoms with Crippen molar-refractivity contribution in [1.29, 1.82) is 0 Å². The number of carbonyl (C=O) groups excluding carboxylic acids is 10. The van der Waals surface area contributed by atoms with Crippen molar-refractivity contribution in [2.75, 3.05) is 45.8 Å². The Morgan fingerprint density at radius 2 is 0.955 bits per heavy atom. The number of nitrogens with one attached hydrogen (secondary N) is 9. The van der Waals surface area contributed by atoms with Gasteiger partial charge in [-0.25, -0.2) is 4.79 Å². The van der Waals surface area contributed by atoms with Gasteiger partial charge in [-0.05, 0) is 136 Å². The number of phenolic OH excluding ortho intramolecular Hbond substituents is 1. The zero-order valence-corrected chi connectivity index (χ0v) is 64.0. The molecular formula is C77H115N21O13. The van der Waals surface area contributed by atoms with Crippen LogP contribution in [0.25, 0.3) is 0 Å². The Hall–Kier alpha value is -11.4. The number of carboxylic acids is 1. The molecule has 4 aromatic rings. The van der Waals surface area contributed by atoms with Crippen LogP contribution in [0.5, 0.6) is 5.75 Å². The first kappa shape index (κ1) is 90.2. The predicted molar refractivity (Wildman–Crippen MR) is 421 cm³/mol. The van der Waals surface area contributed by atoms with Crippen LogP contribution in [0.15, 0.2) is 130 Å². The van der Waals surface area contributed by atoms with E-state index in [0.717, 1.165) is 16.7 Å². The van der Waals surface area contributed by atoms with Gasteiger partial charge in [-0.3, -0.25) is 67.8 Å². The minimum atomic E-state index is -1.45. The number of hydrogen-bond donors (Lipinski definition) is 18. The van der Waals surface area contributed by atoms with Crippen molar-refractivity contribution in [1.82, 2.24) is 57.7 Å². The molecule has 1 aliphatic heterocycles. The van der Waals surface area contributed by atoms with Crippen molar-refractivity contribution >= 4 is 82.9 Å². The number of carbonyl (C=O) groups is 11. The van der Waals surface area contributed by atoms with Gasteiger partial charge in [0.15, 0.2) is 17.9 Å². The summed E-state index contributed by atoms with van der Waals surface area (Å²) in [5.74, 6) is -10.3. The van der Waals surface area contributed by atoms with Crippen LogP contribution >= 0.6 is 0 Å². The first-order valence-electron chi connectivity index (χ1n) is 37.7. The number of carboxylic acid groups (broad SMARTS) is 1. The van der Waals surface area contributed by atoms with Gasteiger partial charge < -0.3 is 103 Å². The molecule has 5 rings (SSSR count). The fraction of sp³-hybridized carbons (Fsp3) is 0.506. The summed E-state index contributed by atoms with van der Waals surface area (Å²) in [5.41, 5.74) is 42.7. The van der Waals surface area contributed by atoms with E-state index < -0.39 is 138 Å². The number of nitrogens with two attached hydrogens (primary N) is 7. The van der Waals surface area contributed by atoms with Crippen LogP contribution < -0.4 is 88.0 Å². The maximum Gasteiger partial charge on any atom is 0.326 e. The molecule has 0 spiro atoms. The largest absolute Gasteiger partial charge is 0.508 e. The summed E-state index contributed by atoms with van der Waals surface area (Å²) in [6.07, 6.45) is 2.15. The van der Waals surface area contributed by atoms with Gasteiger partial charge >= 0.3 is 5.97 Å². The average molecular weight is 1540 g/mol. The van der Waals surface area contributed by atoms with Crippen molar-refractivity contribution in [2.24, 2.45) is 66.9 Å². The fourth-order valence-electron chi connectivity index (χ4n) is 12.6. The van der Waals surface area contributed by atoms with E-state index in [0.29, 0.717) is 50.9 Å². The topological polar surface area (TPSA) is 562 Å². The molecule has 4 aromatic carbocycles. The normalized spacial score (nSPS) is 14.9. The zero-order chi connectivity index (χ0) is 81.4. The number of hydrogen-bond acceptors (Lipinski definition) is 17. The molecule has 0 radical (unpaired) electrons. The molecule has 1 fully saturated rings. The van der Waals surface area contributed by atoms with E-state index in [1.165, 1.54) is 17.0 Å². The minimum absolute atomic E-state index is 0.00585. The molecule has 34 heteroatoms. The lowest BCUT2D eigenvalue weighted by molar-refractivity contribution is -0.145. The molecule has 25 N–H and O–H groups in total. The molecule has 111 heavy (non-hydrogen) atoms. The second-order valence-corrected chi connectivity index (χ2v) is 28.0. The van der Waals surface area contributed by atoms with Gasteiger partial charge in [0.2, 0.25) is 59.1 Å². The van der Waals surface area contributed by atoms with E-state index >= 15 is 0 Å². The fourth-order valence-corrected chi connectivity index (χ4v) is 12.6. The van der Waals surface area contributed by atoms with E-state index in [1.54, 1.807) is 70.2 Å². The van der Waals surface area contributed by atoms with Gasteiger partial charge in [0.25, 0.3) is 0 Å². The number of unbranched alkanes of at least 4 members (excludes halogenated alkanes) is 1. The molecule has 1 saturated heterocycles. The van der Waals surface area contributed by atoms with Crippen LogP contribution in [0.1, 0.15) is 133 Å². The van der Waals surface area contributed by atoms with Gasteiger partial charge in [0.1, 0.15) is 54.1 Å². The van der Waals surface area contributed by atoms with Crippen LogP contribution in [-0.2, 0) is 78.7 Å². The standard InChI is InChI=1S/C77H115N21O13/c1-5-49(4)65(72(108)93-57(30-19-39-87-77(83)84)73(109)98-40-20-31-61(98)71(107)94-58(74(110)111)27-15-16-36-78)96-67(103)56(29-18-38-86-76(81)82)91-66(102)55(28-17-37-85-75(79)80)92-68(104)59(41-48(2)3)95-69(105)60(42-50-21-9-6-10-22-50)90-64(101)45-88-63(100)44-89-70(106)62(43-51-32-34-54(99)35-33-51)97(46-52-23-11-7-12-24-52)47-53-25-13-8-14-26-53/h6-14,21-26,32-35,48-49,55-62,65,99H,5,15-20,27-31,36-47,78H2,1-4H3,(H,88,100)(H,89,106)(H,90,101)(H,91,102)(H,92,104)(H,93,108)(H,94,107)(H,95,105)(H,96,103)(H,110,111)(H4,79,80,85)(H4,81,82,86)(H4,83,84,87)/t49-,55-,56-,57-,58-,59-,60-,61+,62-,65-/m0/s1. The second-order valence-electron chi connectivity index (χ2n) is 28.0. The number of phenols is 1. The van der Waals surface area contributed by atoms with Crippen LogP contribution in [0, 0.1) is 11.8 Å². The molecule has 606 valence electrons. The van der Waals surface area contributed by atoms with Crippen molar-refractivity contribution in [3.63, 3.8) is 0 Å². The maximum absolute atomic E-state index is 14.9.